The Hall–Kier alpha value is -2.08. The van der Waals surface area contributed by atoms with E-state index >= 15 is 0 Å². The molecule has 6 nitrogen and oxygen atoms in total. The maximum Gasteiger partial charge on any atom is 0.325 e. The Morgan fingerprint density at radius 3 is 2.84 bits per heavy atom. The molecule has 1 aromatic rings. The van der Waals surface area contributed by atoms with Crippen molar-refractivity contribution in [1.82, 2.24) is 15.5 Å². The van der Waals surface area contributed by atoms with Gasteiger partial charge in [-0.05, 0) is 30.4 Å². The number of carbonyl (C=O) groups excluding carboxylic acids is 3. The van der Waals surface area contributed by atoms with Gasteiger partial charge in [0.25, 0.3) is 5.91 Å². The number of carbonyl (C=O) groups is 3. The lowest BCUT2D eigenvalue weighted by Crippen LogP contribution is -2.54. The summed E-state index contributed by atoms with van der Waals surface area (Å²) >= 11 is 6.06. The molecule has 0 bridgehead atoms. The number of hydrogen-bond acceptors (Lipinski definition) is 3. The van der Waals surface area contributed by atoms with E-state index in [1.54, 1.807) is 6.07 Å². The molecule has 1 aliphatic heterocycles. The second kappa shape index (κ2) is 7.04. The normalized spacial score (nSPS) is 26.0. The van der Waals surface area contributed by atoms with Crippen molar-refractivity contribution in [3.8, 4) is 0 Å². The van der Waals surface area contributed by atoms with E-state index in [1.807, 2.05) is 25.1 Å². The zero-order chi connectivity index (χ0) is 18.0. The molecule has 1 saturated heterocycles. The summed E-state index contributed by atoms with van der Waals surface area (Å²) in [5.41, 5.74) is -0.0506. The number of nitrogens with zero attached hydrogens (tertiary/aromatic N) is 1. The molecule has 134 valence electrons. The van der Waals surface area contributed by atoms with E-state index in [4.69, 9.17) is 11.6 Å². The third kappa shape index (κ3) is 3.35. The highest BCUT2D eigenvalue weighted by Gasteiger charge is 2.55. The van der Waals surface area contributed by atoms with E-state index in [1.165, 1.54) is 0 Å². The second-order valence-corrected chi connectivity index (χ2v) is 7.21. The lowest BCUT2D eigenvalue weighted by Gasteiger charge is -2.36. The number of urea groups is 1. The van der Waals surface area contributed by atoms with Crippen LogP contribution in [0.2, 0.25) is 5.02 Å². The average molecular weight is 364 g/mol. The van der Waals surface area contributed by atoms with E-state index in [-0.39, 0.29) is 30.8 Å². The molecule has 2 aliphatic rings. The monoisotopic (exact) mass is 363 g/mol. The number of nitrogens with one attached hydrogen (secondary N) is 2. The summed E-state index contributed by atoms with van der Waals surface area (Å²) in [6.45, 7) is 1.96. The molecular formula is C18H22ClN3O3. The number of rotatable bonds is 4. The van der Waals surface area contributed by atoms with Crippen LogP contribution in [0.5, 0.6) is 0 Å². The summed E-state index contributed by atoms with van der Waals surface area (Å²) in [6, 6.07) is 6.72. The van der Waals surface area contributed by atoms with Crippen molar-refractivity contribution < 1.29 is 14.4 Å². The number of amides is 4. The lowest BCUT2D eigenvalue weighted by atomic mass is 9.73. The van der Waals surface area contributed by atoms with Crippen LogP contribution in [0, 0.1) is 5.92 Å². The minimum absolute atomic E-state index is 0.0777. The molecule has 1 aromatic carbocycles. The van der Waals surface area contributed by atoms with E-state index in [9.17, 15) is 14.4 Å². The average Bonchev–Trinajstić information content (AvgIpc) is 2.82. The number of benzene rings is 1. The minimum atomic E-state index is -0.835. The molecule has 0 unspecified atom stereocenters. The zero-order valence-corrected chi connectivity index (χ0v) is 14.9. The molecular weight excluding hydrogens is 342 g/mol. The van der Waals surface area contributed by atoms with Crippen LogP contribution in [0.15, 0.2) is 24.3 Å². The summed E-state index contributed by atoms with van der Waals surface area (Å²) in [4.78, 5) is 38.3. The van der Waals surface area contributed by atoms with Crippen molar-refractivity contribution in [3.63, 3.8) is 0 Å². The Bertz CT molecular complexity index is 709. The quantitative estimate of drug-likeness (QED) is 0.806. The van der Waals surface area contributed by atoms with Gasteiger partial charge in [0.15, 0.2) is 0 Å². The zero-order valence-electron chi connectivity index (χ0n) is 14.2. The first-order valence-corrected chi connectivity index (χ1v) is 8.96. The highest BCUT2D eigenvalue weighted by molar-refractivity contribution is 6.31. The molecule has 0 aromatic heterocycles. The van der Waals surface area contributed by atoms with Gasteiger partial charge in [0.2, 0.25) is 5.91 Å². The lowest BCUT2D eigenvalue weighted by molar-refractivity contribution is -0.137. The summed E-state index contributed by atoms with van der Waals surface area (Å²) in [7, 11) is 0. The molecule has 1 saturated carbocycles. The van der Waals surface area contributed by atoms with E-state index < -0.39 is 11.6 Å². The molecule has 3 rings (SSSR count). The predicted octanol–water partition coefficient (Wildman–Crippen LogP) is 2.46. The highest BCUT2D eigenvalue weighted by Crippen LogP contribution is 2.38. The maximum absolute atomic E-state index is 12.8. The third-order valence-corrected chi connectivity index (χ3v) is 5.61. The van der Waals surface area contributed by atoms with Gasteiger partial charge in [0.05, 0.1) is 0 Å². The molecule has 2 fully saturated rings. The van der Waals surface area contributed by atoms with Gasteiger partial charge in [0.1, 0.15) is 12.1 Å². The van der Waals surface area contributed by atoms with Gasteiger partial charge in [-0.1, -0.05) is 49.6 Å². The van der Waals surface area contributed by atoms with E-state index in [2.05, 4.69) is 10.6 Å². The standard InChI is InChI=1S/C18H22ClN3O3/c1-12-6-4-5-9-18(12)16(24)22(17(25)21-18)11-15(23)20-10-13-7-2-3-8-14(13)19/h2-3,7-8,12H,4-6,9-11H2,1H3,(H,20,23)(H,21,25)/t12-,18+/m1/s1. The number of halogens is 1. The largest absolute Gasteiger partial charge is 0.350 e. The minimum Gasteiger partial charge on any atom is -0.350 e. The van der Waals surface area contributed by atoms with Crippen molar-refractivity contribution in [2.24, 2.45) is 5.92 Å². The third-order valence-electron chi connectivity index (χ3n) is 5.24. The van der Waals surface area contributed by atoms with Crippen LogP contribution in [-0.2, 0) is 16.1 Å². The molecule has 4 amide bonds. The molecule has 1 heterocycles. The summed E-state index contributed by atoms with van der Waals surface area (Å²) in [5, 5.41) is 6.12. The van der Waals surface area contributed by atoms with Gasteiger partial charge in [-0.15, -0.1) is 0 Å². The summed E-state index contributed by atoms with van der Waals surface area (Å²) < 4.78 is 0. The Labute approximate surface area is 151 Å². The molecule has 2 atom stereocenters. The fourth-order valence-electron chi connectivity index (χ4n) is 3.67. The van der Waals surface area contributed by atoms with Crippen LogP contribution in [-0.4, -0.2) is 34.8 Å². The predicted molar refractivity (Wildman–Crippen MR) is 93.9 cm³/mol. The molecule has 7 heteroatoms. The van der Waals surface area contributed by atoms with Crippen molar-refractivity contribution >= 4 is 29.4 Å². The van der Waals surface area contributed by atoms with E-state index in [0.717, 1.165) is 29.7 Å². The van der Waals surface area contributed by atoms with Gasteiger partial charge < -0.3 is 10.6 Å². The van der Waals surface area contributed by atoms with Crippen LogP contribution >= 0.6 is 11.6 Å². The molecule has 1 spiro atoms. The molecule has 2 N–H and O–H groups in total. The van der Waals surface area contributed by atoms with Gasteiger partial charge >= 0.3 is 6.03 Å². The van der Waals surface area contributed by atoms with Gasteiger partial charge in [0, 0.05) is 11.6 Å². The van der Waals surface area contributed by atoms with E-state index in [0.29, 0.717) is 11.4 Å². The second-order valence-electron chi connectivity index (χ2n) is 6.81. The Morgan fingerprint density at radius 2 is 2.12 bits per heavy atom. The van der Waals surface area contributed by atoms with Crippen LogP contribution in [0.1, 0.15) is 38.2 Å². The number of imide groups is 1. The molecule has 25 heavy (non-hydrogen) atoms. The first-order chi connectivity index (χ1) is 11.9. The van der Waals surface area contributed by atoms with Crippen LogP contribution in [0.3, 0.4) is 0 Å². The van der Waals surface area contributed by atoms with Crippen LogP contribution in [0.4, 0.5) is 4.79 Å². The van der Waals surface area contributed by atoms with Crippen molar-refractivity contribution in [2.75, 3.05) is 6.54 Å². The fourth-order valence-corrected chi connectivity index (χ4v) is 3.88. The fraction of sp³-hybridized carbons (Fsp3) is 0.500. The van der Waals surface area contributed by atoms with Gasteiger partial charge in [-0.3, -0.25) is 14.5 Å². The smallest absolute Gasteiger partial charge is 0.325 e. The van der Waals surface area contributed by atoms with Crippen LogP contribution in [0.25, 0.3) is 0 Å². The first-order valence-electron chi connectivity index (χ1n) is 8.58. The Morgan fingerprint density at radius 1 is 1.36 bits per heavy atom. The van der Waals surface area contributed by atoms with Gasteiger partial charge in [-0.2, -0.15) is 0 Å². The van der Waals surface area contributed by atoms with Crippen LogP contribution < -0.4 is 10.6 Å². The Kier molecular flexibility index (Phi) is 4.99. The summed E-state index contributed by atoms with van der Waals surface area (Å²) in [5.74, 6) is -0.588. The van der Waals surface area contributed by atoms with Gasteiger partial charge in [-0.25, -0.2) is 4.79 Å². The summed E-state index contributed by atoms with van der Waals surface area (Å²) in [6.07, 6.45) is 3.50. The maximum atomic E-state index is 12.8. The first kappa shape index (κ1) is 17.7. The molecule has 0 radical (unpaired) electrons. The highest BCUT2D eigenvalue weighted by atomic mass is 35.5. The van der Waals surface area contributed by atoms with Crippen molar-refractivity contribution in [2.45, 2.75) is 44.7 Å². The number of hydrogen-bond donors (Lipinski definition) is 2. The SMILES string of the molecule is C[C@@H]1CCCC[C@]12NC(=O)N(CC(=O)NCc1ccccc1Cl)C2=O. The topological polar surface area (TPSA) is 78.5 Å². The van der Waals surface area contributed by atoms with Crippen molar-refractivity contribution in [1.29, 1.82) is 0 Å². The van der Waals surface area contributed by atoms with Crippen molar-refractivity contribution in [3.05, 3.63) is 34.9 Å². The Balaban J connectivity index is 1.62. The molecule has 1 aliphatic carbocycles.